The number of amides is 3. The summed E-state index contributed by atoms with van der Waals surface area (Å²) in [5.74, 6) is -1.37. The van der Waals surface area contributed by atoms with Gasteiger partial charge in [0.1, 0.15) is 0 Å². The number of benzene rings is 2. The highest BCUT2D eigenvalue weighted by Gasteiger charge is 2.45. The Bertz CT molecular complexity index is 1170. The lowest BCUT2D eigenvalue weighted by Crippen LogP contribution is -2.49. The summed E-state index contributed by atoms with van der Waals surface area (Å²) in [4.78, 5) is 39.1. The standard InChI is InChI=1S/C31H37Cl3N2O3/c1-2-3-4-8-28(37)35-18-26-25(31(39)36-30(38)20-6-5-7-20)16-15-24(23-14-13-22(33)17-27(23)34)29(26)19-9-11-21(32)12-10-19/h9-14,17,20,24-26,29H,2-8,15-16,18H2,1H3,(H,35,37)(H,36,38,39)/t24-,25+,26+,29-/m0/s1. The third kappa shape index (κ3) is 7.56. The van der Waals surface area contributed by atoms with Crippen molar-refractivity contribution in [3.05, 3.63) is 68.7 Å². The molecule has 0 radical (unpaired) electrons. The van der Waals surface area contributed by atoms with Gasteiger partial charge in [-0.1, -0.05) is 79.2 Å². The Morgan fingerprint density at radius 2 is 1.59 bits per heavy atom. The largest absolute Gasteiger partial charge is 0.356 e. The van der Waals surface area contributed by atoms with Gasteiger partial charge in [0.2, 0.25) is 17.7 Å². The van der Waals surface area contributed by atoms with Crippen LogP contribution in [-0.4, -0.2) is 24.3 Å². The number of nitrogens with one attached hydrogen (secondary N) is 2. The lowest BCUT2D eigenvalue weighted by atomic mass is 9.62. The molecule has 2 aromatic carbocycles. The Balaban J connectivity index is 1.67. The van der Waals surface area contributed by atoms with Crippen molar-refractivity contribution in [3.63, 3.8) is 0 Å². The maximum Gasteiger partial charge on any atom is 0.230 e. The highest BCUT2D eigenvalue weighted by Crippen LogP contribution is 2.51. The van der Waals surface area contributed by atoms with Crippen LogP contribution in [0.5, 0.6) is 0 Å². The minimum atomic E-state index is -0.437. The van der Waals surface area contributed by atoms with Crippen molar-refractivity contribution < 1.29 is 14.4 Å². The summed E-state index contributed by atoms with van der Waals surface area (Å²) in [6, 6.07) is 13.2. The summed E-state index contributed by atoms with van der Waals surface area (Å²) in [5.41, 5.74) is 1.98. The van der Waals surface area contributed by atoms with E-state index in [1.165, 1.54) is 0 Å². The predicted octanol–water partition coefficient (Wildman–Crippen LogP) is 7.68. The minimum Gasteiger partial charge on any atom is -0.356 e. The van der Waals surface area contributed by atoms with Crippen LogP contribution < -0.4 is 10.6 Å². The summed E-state index contributed by atoms with van der Waals surface area (Å²) < 4.78 is 0. The normalized spacial score (nSPS) is 23.1. The van der Waals surface area contributed by atoms with E-state index in [0.29, 0.717) is 40.9 Å². The molecule has 0 aliphatic heterocycles. The Hall–Kier alpha value is -2.08. The first-order valence-corrected chi connectivity index (χ1v) is 15.2. The zero-order valence-electron chi connectivity index (χ0n) is 22.4. The van der Waals surface area contributed by atoms with Gasteiger partial charge in [-0.3, -0.25) is 19.7 Å². The first-order valence-electron chi connectivity index (χ1n) is 14.1. The van der Waals surface area contributed by atoms with Crippen molar-refractivity contribution in [2.24, 2.45) is 17.8 Å². The van der Waals surface area contributed by atoms with Crippen molar-refractivity contribution in [1.82, 2.24) is 10.6 Å². The predicted molar refractivity (Wildman–Crippen MR) is 157 cm³/mol. The van der Waals surface area contributed by atoms with Gasteiger partial charge in [-0.2, -0.15) is 0 Å². The van der Waals surface area contributed by atoms with Crippen LogP contribution in [0.25, 0.3) is 0 Å². The first kappa shape index (κ1) is 29.9. The van der Waals surface area contributed by atoms with Gasteiger partial charge in [0.05, 0.1) is 0 Å². The number of hydrogen-bond acceptors (Lipinski definition) is 3. The fraction of sp³-hybridized carbons (Fsp3) is 0.516. The number of rotatable bonds is 10. The molecule has 39 heavy (non-hydrogen) atoms. The molecule has 8 heteroatoms. The van der Waals surface area contributed by atoms with E-state index in [1.54, 1.807) is 6.07 Å². The summed E-state index contributed by atoms with van der Waals surface area (Å²) in [7, 11) is 0. The smallest absolute Gasteiger partial charge is 0.230 e. The van der Waals surface area contributed by atoms with E-state index in [2.05, 4.69) is 17.6 Å². The monoisotopic (exact) mass is 590 g/mol. The number of hydrogen-bond donors (Lipinski definition) is 2. The molecule has 4 rings (SSSR count). The zero-order chi connectivity index (χ0) is 27.9. The molecule has 3 amide bonds. The molecule has 4 atom stereocenters. The number of halogens is 3. The summed E-state index contributed by atoms with van der Waals surface area (Å²) in [6.45, 7) is 2.43. The van der Waals surface area contributed by atoms with Gasteiger partial charge in [0.15, 0.2) is 0 Å². The molecular weight excluding hydrogens is 555 g/mol. The Morgan fingerprint density at radius 1 is 0.872 bits per heavy atom. The molecule has 2 saturated carbocycles. The number of imide groups is 1. The third-order valence-electron chi connectivity index (χ3n) is 8.42. The Morgan fingerprint density at radius 3 is 2.23 bits per heavy atom. The summed E-state index contributed by atoms with van der Waals surface area (Å²) in [5, 5.41) is 7.59. The molecule has 2 fully saturated rings. The summed E-state index contributed by atoms with van der Waals surface area (Å²) in [6.07, 6.45) is 7.26. The molecular formula is C31H37Cl3N2O3. The van der Waals surface area contributed by atoms with Crippen LogP contribution in [0.15, 0.2) is 42.5 Å². The van der Waals surface area contributed by atoms with Gasteiger partial charge in [0, 0.05) is 39.9 Å². The Labute approximate surface area is 246 Å². The molecule has 0 spiro atoms. The van der Waals surface area contributed by atoms with Crippen LogP contribution in [0.4, 0.5) is 0 Å². The SMILES string of the molecule is CCCCCC(=O)NC[C@H]1[C@@H](c2ccc(Cl)cc2)[C@H](c2ccc(Cl)cc2Cl)CC[C@H]1C(=O)NC(=O)C1CCC1. The van der Waals surface area contributed by atoms with Crippen LogP contribution >= 0.6 is 34.8 Å². The topological polar surface area (TPSA) is 75.3 Å². The van der Waals surface area contributed by atoms with Crippen LogP contribution in [0, 0.1) is 17.8 Å². The molecule has 2 aliphatic rings. The van der Waals surface area contributed by atoms with Crippen molar-refractivity contribution in [3.8, 4) is 0 Å². The van der Waals surface area contributed by atoms with Gasteiger partial charge in [-0.15, -0.1) is 0 Å². The van der Waals surface area contributed by atoms with E-state index in [1.807, 2.05) is 36.4 Å². The molecule has 2 aliphatic carbocycles. The second-order valence-electron chi connectivity index (χ2n) is 10.9. The highest BCUT2D eigenvalue weighted by atomic mass is 35.5. The molecule has 2 N–H and O–H groups in total. The van der Waals surface area contributed by atoms with Crippen LogP contribution in [0.2, 0.25) is 15.1 Å². The fourth-order valence-corrected chi connectivity index (χ4v) is 6.73. The quantitative estimate of drug-likeness (QED) is 0.220. The third-order valence-corrected chi connectivity index (χ3v) is 9.23. The van der Waals surface area contributed by atoms with Crippen molar-refractivity contribution >= 4 is 52.5 Å². The van der Waals surface area contributed by atoms with Gasteiger partial charge in [-0.05, 0) is 85.3 Å². The first-order chi connectivity index (χ1) is 18.8. The van der Waals surface area contributed by atoms with Crippen LogP contribution in [0.3, 0.4) is 0 Å². The lowest BCUT2D eigenvalue weighted by molar-refractivity contribution is -0.138. The lowest BCUT2D eigenvalue weighted by Gasteiger charge is -2.43. The zero-order valence-corrected chi connectivity index (χ0v) is 24.6. The minimum absolute atomic E-state index is 0.00989. The van der Waals surface area contributed by atoms with Crippen molar-refractivity contribution in [2.75, 3.05) is 6.54 Å². The molecule has 5 nitrogen and oxygen atoms in total. The van der Waals surface area contributed by atoms with Crippen LogP contribution in [-0.2, 0) is 14.4 Å². The van der Waals surface area contributed by atoms with Gasteiger partial charge < -0.3 is 5.32 Å². The van der Waals surface area contributed by atoms with E-state index < -0.39 is 5.92 Å². The van der Waals surface area contributed by atoms with Crippen LogP contribution in [0.1, 0.15) is 87.7 Å². The molecule has 210 valence electrons. The maximum absolute atomic E-state index is 13.6. The van der Waals surface area contributed by atoms with Crippen molar-refractivity contribution in [1.29, 1.82) is 0 Å². The van der Waals surface area contributed by atoms with Gasteiger partial charge in [-0.25, -0.2) is 0 Å². The van der Waals surface area contributed by atoms with Gasteiger partial charge in [0.25, 0.3) is 0 Å². The number of carbonyl (C=O) groups excluding carboxylic acids is 3. The number of unbranched alkanes of at least 4 members (excludes halogenated alkanes) is 2. The fourth-order valence-electron chi connectivity index (χ4n) is 6.05. The molecule has 0 heterocycles. The van der Waals surface area contributed by atoms with E-state index >= 15 is 0 Å². The van der Waals surface area contributed by atoms with E-state index in [4.69, 9.17) is 34.8 Å². The second-order valence-corrected chi connectivity index (χ2v) is 12.2. The molecule has 0 unspecified atom stereocenters. The van der Waals surface area contributed by atoms with Crippen molar-refractivity contribution in [2.45, 2.75) is 76.5 Å². The Kier molecular flexibility index (Phi) is 10.7. The van der Waals surface area contributed by atoms with E-state index in [9.17, 15) is 14.4 Å². The highest BCUT2D eigenvalue weighted by molar-refractivity contribution is 6.35. The van der Waals surface area contributed by atoms with E-state index in [-0.39, 0.29) is 41.4 Å². The average molecular weight is 592 g/mol. The molecule has 2 aromatic rings. The average Bonchev–Trinajstić information content (AvgIpc) is 2.86. The maximum atomic E-state index is 13.6. The number of carbonyl (C=O) groups is 3. The summed E-state index contributed by atoms with van der Waals surface area (Å²) >= 11 is 19.2. The second kappa shape index (κ2) is 14.0. The van der Waals surface area contributed by atoms with Gasteiger partial charge >= 0.3 is 0 Å². The molecule has 0 bridgehead atoms. The van der Waals surface area contributed by atoms with E-state index in [0.717, 1.165) is 49.7 Å². The molecule has 0 aromatic heterocycles. The molecule has 0 saturated heterocycles.